The summed E-state index contributed by atoms with van der Waals surface area (Å²) >= 11 is 0. The van der Waals surface area contributed by atoms with Crippen LogP contribution in [-0.4, -0.2) is 79.0 Å². The number of carbonyl (C=O) groups excluding carboxylic acids is 3. The number of hydrogen-bond acceptors (Lipinski definition) is 6. The third-order valence-corrected chi connectivity index (χ3v) is 6.34. The van der Waals surface area contributed by atoms with Crippen LogP contribution >= 0.6 is 0 Å². The van der Waals surface area contributed by atoms with Gasteiger partial charge in [0, 0.05) is 45.5 Å². The van der Waals surface area contributed by atoms with Gasteiger partial charge in [-0.05, 0) is 37.1 Å². The Morgan fingerprint density at radius 3 is 2.50 bits per heavy atom. The predicted molar refractivity (Wildman–Crippen MR) is 125 cm³/mol. The van der Waals surface area contributed by atoms with E-state index in [1.165, 1.54) is 11.2 Å². The number of rotatable bonds is 6. The SMILES string of the molecule is CCOC(=O)C1=C(CN2CCN(C(=O)c3ccco3)CC2)N(C)C(=O)NC1c1ccccc1C. The molecule has 0 spiro atoms. The monoisotopic (exact) mass is 466 g/mol. The van der Waals surface area contributed by atoms with Gasteiger partial charge in [0.2, 0.25) is 0 Å². The molecule has 0 saturated carbocycles. The molecule has 1 atom stereocenters. The summed E-state index contributed by atoms with van der Waals surface area (Å²) in [5.41, 5.74) is 2.88. The fraction of sp³-hybridized carbons (Fsp3) is 0.400. The van der Waals surface area contributed by atoms with Crippen LogP contribution in [0.2, 0.25) is 0 Å². The van der Waals surface area contributed by atoms with Crippen LogP contribution in [0.1, 0.15) is 34.6 Å². The first-order chi connectivity index (χ1) is 16.4. The van der Waals surface area contributed by atoms with Crippen LogP contribution in [0.5, 0.6) is 0 Å². The summed E-state index contributed by atoms with van der Waals surface area (Å²) in [6.07, 6.45) is 1.49. The Hall–Kier alpha value is -3.59. The summed E-state index contributed by atoms with van der Waals surface area (Å²) in [7, 11) is 1.66. The number of amides is 3. The second-order valence-corrected chi connectivity index (χ2v) is 8.42. The van der Waals surface area contributed by atoms with Crippen LogP contribution in [-0.2, 0) is 9.53 Å². The molecule has 1 N–H and O–H groups in total. The number of carbonyl (C=O) groups is 3. The molecule has 2 aliphatic heterocycles. The van der Waals surface area contributed by atoms with Crippen LogP contribution in [0.3, 0.4) is 0 Å². The molecule has 3 amide bonds. The highest BCUT2D eigenvalue weighted by molar-refractivity contribution is 5.95. The Morgan fingerprint density at radius 1 is 1.12 bits per heavy atom. The first kappa shape index (κ1) is 23.6. The number of aryl methyl sites for hydroxylation is 1. The number of urea groups is 1. The predicted octanol–water partition coefficient (Wildman–Crippen LogP) is 2.56. The average Bonchev–Trinajstić information content (AvgIpc) is 3.37. The molecule has 0 bridgehead atoms. The minimum Gasteiger partial charge on any atom is -0.463 e. The quantitative estimate of drug-likeness (QED) is 0.658. The van der Waals surface area contributed by atoms with Gasteiger partial charge in [-0.25, -0.2) is 9.59 Å². The second kappa shape index (κ2) is 10.1. The molecule has 9 heteroatoms. The van der Waals surface area contributed by atoms with Crippen LogP contribution in [0, 0.1) is 6.92 Å². The van der Waals surface area contributed by atoms with Crippen molar-refractivity contribution in [2.75, 3.05) is 46.4 Å². The molecule has 1 fully saturated rings. The number of esters is 1. The van der Waals surface area contributed by atoms with Gasteiger partial charge in [0.05, 0.1) is 24.5 Å². The largest absolute Gasteiger partial charge is 0.463 e. The summed E-state index contributed by atoms with van der Waals surface area (Å²) in [5.74, 6) is -0.250. The maximum atomic E-state index is 13.1. The highest BCUT2D eigenvalue weighted by Crippen LogP contribution is 2.33. The Morgan fingerprint density at radius 2 is 1.85 bits per heavy atom. The van der Waals surface area contributed by atoms with Crippen molar-refractivity contribution in [3.63, 3.8) is 0 Å². The van der Waals surface area contributed by atoms with Crippen molar-refractivity contribution in [2.45, 2.75) is 19.9 Å². The topological polar surface area (TPSA) is 95.3 Å². The molecule has 1 aromatic carbocycles. The zero-order valence-corrected chi connectivity index (χ0v) is 19.7. The standard InChI is InChI=1S/C25H30N4O5/c1-4-33-24(31)21-19(27(3)25(32)26-22(21)18-9-6-5-8-17(18)2)16-28-11-13-29(14-12-28)23(30)20-10-7-15-34-20/h5-10,15,22H,4,11-14,16H2,1-3H3,(H,26,32). The number of furan rings is 1. The van der Waals surface area contributed by atoms with Crippen molar-refractivity contribution in [1.29, 1.82) is 0 Å². The summed E-state index contributed by atoms with van der Waals surface area (Å²) < 4.78 is 10.6. The van der Waals surface area contributed by atoms with Gasteiger partial charge in [-0.2, -0.15) is 0 Å². The van der Waals surface area contributed by atoms with Gasteiger partial charge >= 0.3 is 12.0 Å². The lowest BCUT2D eigenvalue weighted by atomic mass is 9.91. The summed E-state index contributed by atoms with van der Waals surface area (Å²) in [6, 6.07) is 10.2. The van der Waals surface area contributed by atoms with E-state index in [1.807, 2.05) is 31.2 Å². The fourth-order valence-electron chi connectivity index (χ4n) is 4.42. The van der Waals surface area contributed by atoms with Crippen molar-refractivity contribution in [1.82, 2.24) is 20.0 Å². The van der Waals surface area contributed by atoms with E-state index in [9.17, 15) is 14.4 Å². The molecule has 0 aliphatic carbocycles. The maximum absolute atomic E-state index is 13.1. The van der Waals surface area contributed by atoms with E-state index >= 15 is 0 Å². The lowest BCUT2D eigenvalue weighted by Gasteiger charge is -2.39. The van der Waals surface area contributed by atoms with Crippen LogP contribution in [0.15, 0.2) is 58.3 Å². The van der Waals surface area contributed by atoms with Gasteiger partial charge in [0.1, 0.15) is 0 Å². The van der Waals surface area contributed by atoms with Gasteiger partial charge in [-0.1, -0.05) is 24.3 Å². The van der Waals surface area contributed by atoms with E-state index in [4.69, 9.17) is 9.15 Å². The van der Waals surface area contributed by atoms with E-state index in [0.717, 1.165) is 11.1 Å². The first-order valence-corrected chi connectivity index (χ1v) is 11.5. The van der Waals surface area contributed by atoms with Crippen molar-refractivity contribution >= 4 is 17.9 Å². The molecular weight excluding hydrogens is 436 g/mol. The number of nitrogens with one attached hydrogen (secondary N) is 1. The van der Waals surface area contributed by atoms with Crippen LogP contribution in [0.4, 0.5) is 4.79 Å². The van der Waals surface area contributed by atoms with Crippen molar-refractivity contribution < 1.29 is 23.5 Å². The number of benzene rings is 1. The lowest BCUT2D eigenvalue weighted by molar-refractivity contribution is -0.139. The zero-order valence-electron chi connectivity index (χ0n) is 19.7. The molecule has 1 unspecified atom stereocenters. The normalized spacial score (nSPS) is 19.3. The number of piperazine rings is 1. The van der Waals surface area contributed by atoms with Gasteiger partial charge in [0.15, 0.2) is 5.76 Å². The first-order valence-electron chi connectivity index (χ1n) is 11.5. The van der Waals surface area contributed by atoms with Gasteiger partial charge in [-0.15, -0.1) is 0 Å². The fourth-order valence-corrected chi connectivity index (χ4v) is 4.42. The van der Waals surface area contributed by atoms with Gasteiger partial charge in [-0.3, -0.25) is 14.6 Å². The van der Waals surface area contributed by atoms with E-state index in [2.05, 4.69) is 10.2 Å². The maximum Gasteiger partial charge on any atom is 0.338 e. The smallest absolute Gasteiger partial charge is 0.338 e. The molecule has 2 aliphatic rings. The van der Waals surface area contributed by atoms with E-state index in [1.54, 1.807) is 31.0 Å². The Kier molecular flexibility index (Phi) is 7.02. The average molecular weight is 467 g/mol. The zero-order chi connectivity index (χ0) is 24.2. The van der Waals surface area contributed by atoms with Crippen molar-refractivity contribution in [3.05, 3.63) is 70.8 Å². The van der Waals surface area contributed by atoms with Gasteiger partial charge < -0.3 is 19.4 Å². The van der Waals surface area contributed by atoms with E-state index in [0.29, 0.717) is 49.8 Å². The van der Waals surface area contributed by atoms with E-state index in [-0.39, 0.29) is 18.5 Å². The Balaban J connectivity index is 1.59. The molecule has 3 heterocycles. The molecule has 180 valence electrons. The second-order valence-electron chi connectivity index (χ2n) is 8.42. The molecule has 9 nitrogen and oxygen atoms in total. The molecule has 1 saturated heterocycles. The molecule has 2 aromatic rings. The number of hydrogen-bond donors (Lipinski definition) is 1. The molecular formula is C25H30N4O5. The van der Waals surface area contributed by atoms with E-state index < -0.39 is 12.0 Å². The van der Waals surface area contributed by atoms with Crippen LogP contribution in [0.25, 0.3) is 0 Å². The molecule has 1 aromatic heterocycles. The minimum absolute atomic E-state index is 0.134. The third kappa shape index (κ3) is 4.70. The molecule has 0 radical (unpaired) electrons. The molecule has 4 rings (SSSR count). The third-order valence-electron chi connectivity index (χ3n) is 6.34. The Labute approximate surface area is 198 Å². The lowest BCUT2D eigenvalue weighted by Crippen LogP contribution is -2.53. The van der Waals surface area contributed by atoms with Crippen molar-refractivity contribution in [2.24, 2.45) is 0 Å². The van der Waals surface area contributed by atoms with Gasteiger partial charge in [0.25, 0.3) is 5.91 Å². The highest BCUT2D eigenvalue weighted by Gasteiger charge is 2.38. The summed E-state index contributed by atoms with van der Waals surface area (Å²) in [6.45, 7) is 6.62. The number of likely N-dealkylation sites (N-methyl/N-ethyl adjacent to an activating group) is 1. The molecule has 34 heavy (non-hydrogen) atoms. The number of ether oxygens (including phenoxy) is 1. The number of nitrogens with zero attached hydrogens (tertiary/aromatic N) is 3. The summed E-state index contributed by atoms with van der Waals surface area (Å²) in [5, 5.41) is 2.96. The Bertz CT molecular complexity index is 1090. The minimum atomic E-state index is -0.597. The highest BCUT2D eigenvalue weighted by atomic mass is 16.5. The van der Waals surface area contributed by atoms with Crippen molar-refractivity contribution in [3.8, 4) is 0 Å². The van der Waals surface area contributed by atoms with Crippen LogP contribution < -0.4 is 5.32 Å². The summed E-state index contributed by atoms with van der Waals surface area (Å²) in [4.78, 5) is 44.0.